The third-order valence-electron chi connectivity index (χ3n) is 4.30. The molecule has 3 nitrogen and oxygen atoms in total. The Morgan fingerprint density at radius 2 is 2.00 bits per heavy atom. The van der Waals surface area contributed by atoms with Crippen LogP contribution in [-0.4, -0.2) is 35.6 Å². The Morgan fingerprint density at radius 1 is 1.31 bits per heavy atom. The molecule has 0 aromatic heterocycles. The van der Waals surface area contributed by atoms with E-state index in [1.165, 1.54) is 0 Å². The van der Waals surface area contributed by atoms with E-state index in [2.05, 4.69) is 21.1 Å². The van der Waals surface area contributed by atoms with Crippen LogP contribution in [0.1, 0.15) is 37.2 Å². The van der Waals surface area contributed by atoms with Crippen molar-refractivity contribution in [1.82, 2.24) is 4.90 Å². The highest BCUT2D eigenvalue weighted by Gasteiger charge is 2.27. The van der Waals surface area contributed by atoms with Crippen LogP contribution >= 0.6 is 15.9 Å². The molecule has 0 aliphatic carbocycles. The lowest BCUT2D eigenvalue weighted by molar-refractivity contribution is -0.135. The summed E-state index contributed by atoms with van der Waals surface area (Å²) < 4.78 is 38.5. The zero-order chi connectivity index (χ0) is 19.2. The molecule has 0 amide bonds. The SMILES string of the molecule is CN1C=C(/C(CC(CCCC(F)(F)F)c2ccc(Br)cc2)=N\O)C=CC1. The molecule has 26 heavy (non-hydrogen) atoms. The van der Waals surface area contributed by atoms with Gasteiger partial charge in [0.05, 0.1) is 5.71 Å². The Morgan fingerprint density at radius 3 is 2.58 bits per heavy atom. The minimum Gasteiger partial charge on any atom is -0.411 e. The van der Waals surface area contributed by atoms with Gasteiger partial charge < -0.3 is 10.1 Å². The number of benzene rings is 1. The Labute approximate surface area is 160 Å². The highest BCUT2D eigenvalue weighted by Crippen LogP contribution is 2.32. The van der Waals surface area contributed by atoms with Crippen molar-refractivity contribution in [3.63, 3.8) is 0 Å². The fourth-order valence-electron chi connectivity index (χ4n) is 2.97. The van der Waals surface area contributed by atoms with Gasteiger partial charge in [-0.15, -0.1) is 0 Å². The van der Waals surface area contributed by atoms with Crippen molar-refractivity contribution < 1.29 is 18.4 Å². The maximum Gasteiger partial charge on any atom is 0.389 e. The maximum atomic E-state index is 12.5. The minimum atomic E-state index is -4.16. The molecule has 1 aromatic rings. The lowest BCUT2D eigenvalue weighted by Crippen LogP contribution is -2.19. The van der Waals surface area contributed by atoms with E-state index in [1.54, 1.807) is 0 Å². The summed E-state index contributed by atoms with van der Waals surface area (Å²) in [4.78, 5) is 1.96. The third kappa shape index (κ3) is 6.52. The number of hydrogen-bond donors (Lipinski definition) is 1. The van der Waals surface area contributed by atoms with Crippen LogP contribution in [0.4, 0.5) is 13.2 Å². The van der Waals surface area contributed by atoms with Crippen molar-refractivity contribution in [2.24, 2.45) is 5.16 Å². The highest BCUT2D eigenvalue weighted by molar-refractivity contribution is 9.10. The van der Waals surface area contributed by atoms with Crippen molar-refractivity contribution in [2.45, 2.75) is 37.8 Å². The van der Waals surface area contributed by atoms with E-state index in [0.29, 0.717) is 18.6 Å². The smallest absolute Gasteiger partial charge is 0.389 e. The zero-order valence-corrected chi connectivity index (χ0v) is 16.1. The van der Waals surface area contributed by atoms with Crippen molar-refractivity contribution in [1.29, 1.82) is 0 Å². The van der Waals surface area contributed by atoms with Crippen LogP contribution in [0.2, 0.25) is 0 Å². The number of nitrogens with zero attached hydrogens (tertiary/aromatic N) is 2. The lowest BCUT2D eigenvalue weighted by Gasteiger charge is -2.22. The van der Waals surface area contributed by atoms with Gasteiger partial charge in [-0.2, -0.15) is 13.2 Å². The predicted molar refractivity (Wildman–Crippen MR) is 100 cm³/mol. The Balaban J connectivity index is 2.16. The van der Waals surface area contributed by atoms with Crippen molar-refractivity contribution in [3.05, 3.63) is 58.2 Å². The summed E-state index contributed by atoms with van der Waals surface area (Å²) in [6, 6.07) is 7.54. The Kier molecular flexibility index (Phi) is 7.32. The quantitative estimate of drug-likeness (QED) is 0.333. The lowest BCUT2D eigenvalue weighted by atomic mass is 9.87. The molecule has 7 heteroatoms. The van der Waals surface area contributed by atoms with Crippen LogP contribution in [0.15, 0.2) is 57.8 Å². The molecule has 0 bridgehead atoms. The second kappa shape index (κ2) is 9.26. The standard InChI is InChI=1S/C19H22BrF3N2O/c1-25-11-3-5-16(13-25)18(24-26)12-15(4-2-10-19(21,22)23)14-6-8-17(20)9-7-14/h3,5-9,13,15,26H,2,4,10-12H2,1H3/b24-18-. The van der Waals surface area contributed by atoms with Gasteiger partial charge in [0.1, 0.15) is 0 Å². The maximum absolute atomic E-state index is 12.5. The summed E-state index contributed by atoms with van der Waals surface area (Å²) in [5.74, 6) is -0.155. The van der Waals surface area contributed by atoms with Gasteiger partial charge in [-0.3, -0.25) is 0 Å². The van der Waals surface area contributed by atoms with Gasteiger partial charge in [-0.25, -0.2) is 0 Å². The topological polar surface area (TPSA) is 35.8 Å². The number of allylic oxidation sites excluding steroid dienone is 2. The molecular weight excluding hydrogens is 409 g/mol. The molecule has 1 aliphatic heterocycles. The van der Waals surface area contributed by atoms with E-state index in [1.807, 2.05) is 54.6 Å². The van der Waals surface area contributed by atoms with Gasteiger partial charge in [0.2, 0.25) is 0 Å². The molecule has 1 aliphatic rings. The highest BCUT2D eigenvalue weighted by atomic mass is 79.9. The zero-order valence-electron chi connectivity index (χ0n) is 14.5. The number of likely N-dealkylation sites (N-methyl/N-ethyl adjacent to an activating group) is 1. The van der Waals surface area contributed by atoms with Gasteiger partial charge in [-0.1, -0.05) is 45.4 Å². The second-order valence-electron chi connectivity index (χ2n) is 6.43. The molecule has 0 fully saturated rings. The average molecular weight is 431 g/mol. The first-order chi connectivity index (χ1) is 12.3. The number of oxime groups is 1. The summed E-state index contributed by atoms with van der Waals surface area (Å²) in [5.41, 5.74) is 2.19. The van der Waals surface area contributed by atoms with Crippen LogP contribution in [0.3, 0.4) is 0 Å². The molecule has 142 valence electrons. The Bertz CT molecular complexity index is 681. The fourth-order valence-corrected chi connectivity index (χ4v) is 3.23. The molecule has 1 N–H and O–H groups in total. The molecule has 1 heterocycles. The van der Waals surface area contributed by atoms with Gasteiger partial charge in [0.15, 0.2) is 0 Å². The number of rotatable bonds is 7. The van der Waals surface area contributed by atoms with E-state index in [4.69, 9.17) is 0 Å². The molecule has 0 saturated heterocycles. The van der Waals surface area contributed by atoms with E-state index >= 15 is 0 Å². The van der Waals surface area contributed by atoms with E-state index in [-0.39, 0.29) is 12.3 Å². The first-order valence-corrected chi connectivity index (χ1v) is 9.20. The molecule has 0 spiro atoms. The first-order valence-electron chi connectivity index (χ1n) is 8.40. The van der Waals surface area contributed by atoms with Crippen molar-refractivity contribution >= 4 is 21.6 Å². The summed E-state index contributed by atoms with van der Waals surface area (Å²) in [6.45, 7) is 0.768. The molecule has 1 unspecified atom stereocenters. The normalized spacial score (nSPS) is 16.6. The molecule has 0 radical (unpaired) electrons. The fraction of sp³-hybridized carbons (Fsp3) is 0.421. The number of halogens is 4. The van der Waals surface area contributed by atoms with E-state index in [0.717, 1.165) is 22.2 Å². The van der Waals surface area contributed by atoms with Crippen LogP contribution in [-0.2, 0) is 0 Å². The van der Waals surface area contributed by atoms with Gasteiger partial charge >= 0.3 is 6.18 Å². The molecule has 1 aromatic carbocycles. The molecule has 0 saturated carbocycles. The Hall–Kier alpha value is -1.76. The van der Waals surface area contributed by atoms with Crippen LogP contribution in [0.5, 0.6) is 0 Å². The van der Waals surface area contributed by atoms with E-state index in [9.17, 15) is 18.4 Å². The predicted octanol–water partition coefficient (Wildman–Crippen LogP) is 5.87. The third-order valence-corrected chi connectivity index (χ3v) is 4.83. The average Bonchev–Trinajstić information content (AvgIpc) is 2.58. The summed E-state index contributed by atoms with van der Waals surface area (Å²) in [5, 5.41) is 12.9. The van der Waals surface area contributed by atoms with Crippen LogP contribution < -0.4 is 0 Å². The van der Waals surface area contributed by atoms with Gasteiger partial charge in [0.25, 0.3) is 0 Å². The van der Waals surface area contributed by atoms with E-state index < -0.39 is 12.6 Å². The molecule has 1 atom stereocenters. The van der Waals surface area contributed by atoms with Gasteiger partial charge in [0, 0.05) is 42.7 Å². The molecule has 2 rings (SSSR count). The van der Waals surface area contributed by atoms with Crippen LogP contribution in [0, 0.1) is 0 Å². The van der Waals surface area contributed by atoms with Gasteiger partial charge in [-0.05, 0) is 36.5 Å². The molecular formula is C19H22BrF3N2O. The minimum absolute atomic E-state index is 0.0394. The monoisotopic (exact) mass is 430 g/mol. The van der Waals surface area contributed by atoms with Crippen molar-refractivity contribution in [3.8, 4) is 0 Å². The van der Waals surface area contributed by atoms with Crippen molar-refractivity contribution in [2.75, 3.05) is 13.6 Å². The summed E-state index contributed by atoms with van der Waals surface area (Å²) >= 11 is 3.37. The number of alkyl halides is 3. The summed E-state index contributed by atoms with van der Waals surface area (Å²) in [6.07, 6.45) is 1.53. The largest absolute Gasteiger partial charge is 0.411 e. The first kappa shape index (κ1) is 20.6. The summed E-state index contributed by atoms with van der Waals surface area (Å²) in [7, 11) is 1.91. The van der Waals surface area contributed by atoms with Crippen LogP contribution in [0.25, 0.3) is 0 Å². The second-order valence-corrected chi connectivity index (χ2v) is 7.35. The number of hydrogen-bond acceptors (Lipinski definition) is 3.